The third-order valence-electron chi connectivity index (χ3n) is 3.83. The van der Waals surface area contributed by atoms with E-state index in [2.05, 4.69) is 0 Å². The minimum atomic E-state index is -0.657. The predicted octanol–water partition coefficient (Wildman–Crippen LogP) is 2.30. The average Bonchev–Trinajstić information content (AvgIpc) is 2.42. The number of aliphatic hydroxyl groups is 2. The van der Waals surface area contributed by atoms with Gasteiger partial charge in [-0.05, 0) is 39.5 Å². The summed E-state index contributed by atoms with van der Waals surface area (Å²) in [7, 11) is 0. The van der Waals surface area contributed by atoms with Gasteiger partial charge in [0.15, 0.2) is 0 Å². The Morgan fingerprint density at radius 1 is 1.36 bits per heavy atom. The van der Waals surface area contributed by atoms with E-state index in [1.165, 1.54) is 13.0 Å². The van der Waals surface area contributed by atoms with Gasteiger partial charge in [-0.3, -0.25) is 0 Å². The molecule has 0 saturated carbocycles. The van der Waals surface area contributed by atoms with Gasteiger partial charge in [0.1, 0.15) is 11.5 Å². The molecule has 0 fully saturated rings. The second-order valence-corrected chi connectivity index (χ2v) is 6.02. The van der Waals surface area contributed by atoms with Crippen LogP contribution < -0.4 is 5.63 Å². The number of rotatable bonds is 7. The van der Waals surface area contributed by atoms with Crippen LogP contribution in [0.5, 0.6) is 5.75 Å². The normalized spacial score (nSPS) is 16.4. The van der Waals surface area contributed by atoms with E-state index in [9.17, 15) is 20.1 Å². The molecule has 22 heavy (non-hydrogen) atoms. The molecule has 3 N–H and O–H groups in total. The molecule has 124 valence electrons. The van der Waals surface area contributed by atoms with Gasteiger partial charge >= 0.3 is 5.63 Å². The Kier molecular flexibility index (Phi) is 6.84. The molecule has 0 aromatic carbocycles. The van der Waals surface area contributed by atoms with Crippen LogP contribution in [0.1, 0.15) is 44.9 Å². The van der Waals surface area contributed by atoms with Crippen molar-refractivity contribution in [2.75, 3.05) is 0 Å². The molecule has 0 bridgehead atoms. The van der Waals surface area contributed by atoms with Crippen molar-refractivity contribution in [2.45, 2.75) is 59.2 Å². The maximum Gasteiger partial charge on any atom is 0.342 e. The van der Waals surface area contributed by atoms with E-state index in [1.807, 2.05) is 19.9 Å². The molecule has 1 aromatic heterocycles. The largest absolute Gasteiger partial charge is 0.507 e. The third-order valence-corrected chi connectivity index (χ3v) is 3.83. The van der Waals surface area contributed by atoms with E-state index in [0.717, 1.165) is 5.57 Å². The Bertz CT molecular complexity index is 571. The van der Waals surface area contributed by atoms with Crippen LogP contribution >= 0.6 is 0 Å². The molecule has 0 aliphatic carbocycles. The summed E-state index contributed by atoms with van der Waals surface area (Å²) in [5, 5.41) is 29.1. The molecule has 1 aromatic rings. The van der Waals surface area contributed by atoms with E-state index >= 15 is 0 Å². The molecule has 5 heteroatoms. The number of aromatic hydroxyl groups is 1. The van der Waals surface area contributed by atoms with Gasteiger partial charge in [-0.2, -0.15) is 0 Å². The zero-order valence-electron chi connectivity index (χ0n) is 13.7. The van der Waals surface area contributed by atoms with Gasteiger partial charge in [0.2, 0.25) is 0 Å². The van der Waals surface area contributed by atoms with Crippen molar-refractivity contribution in [1.29, 1.82) is 0 Å². The second-order valence-electron chi connectivity index (χ2n) is 6.02. The molecule has 5 nitrogen and oxygen atoms in total. The molecular formula is C17H26O5. The van der Waals surface area contributed by atoms with Gasteiger partial charge in [-0.15, -0.1) is 0 Å². The molecule has 0 aliphatic rings. The van der Waals surface area contributed by atoms with Crippen molar-refractivity contribution in [2.24, 2.45) is 5.92 Å². The van der Waals surface area contributed by atoms with Gasteiger partial charge in [0, 0.05) is 12.5 Å². The lowest BCUT2D eigenvalue weighted by Crippen LogP contribution is -2.14. The number of hydrogen-bond donors (Lipinski definition) is 3. The molecule has 1 rings (SSSR count). The zero-order chi connectivity index (χ0) is 16.9. The van der Waals surface area contributed by atoms with E-state index in [4.69, 9.17) is 4.42 Å². The highest BCUT2D eigenvalue weighted by Gasteiger charge is 2.12. The van der Waals surface area contributed by atoms with E-state index in [1.54, 1.807) is 6.92 Å². The Labute approximate surface area is 130 Å². The van der Waals surface area contributed by atoms with Crippen molar-refractivity contribution in [3.63, 3.8) is 0 Å². The Morgan fingerprint density at radius 2 is 2.00 bits per heavy atom. The minimum Gasteiger partial charge on any atom is -0.507 e. The first-order chi connectivity index (χ1) is 10.2. The number of hydrogen-bond acceptors (Lipinski definition) is 5. The van der Waals surface area contributed by atoms with Crippen LogP contribution in [-0.4, -0.2) is 27.5 Å². The van der Waals surface area contributed by atoms with E-state index < -0.39 is 17.8 Å². The molecule has 0 spiro atoms. The smallest absolute Gasteiger partial charge is 0.342 e. The van der Waals surface area contributed by atoms with Crippen molar-refractivity contribution >= 4 is 0 Å². The topological polar surface area (TPSA) is 90.9 Å². The SMILES string of the molecule is C/C(=C\[C@H](C)[C@@H](C)O)CC[C@@H](O)Cc1cc(O)c(C)c(=O)o1. The summed E-state index contributed by atoms with van der Waals surface area (Å²) in [5.41, 5.74) is 0.689. The van der Waals surface area contributed by atoms with E-state index in [0.29, 0.717) is 12.8 Å². The summed E-state index contributed by atoms with van der Waals surface area (Å²) in [4.78, 5) is 11.5. The number of allylic oxidation sites excluding steroid dienone is 1. The highest BCUT2D eigenvalue weighted by Crippen LogP contribution is 2.18. The molecule has 0 radical (unpaired) electrons. The fourth-order valence-electron chi connectivity index (χ4n) is 2.09. The average molecular weight is 310 g/mol. The Morgan fingerprint density at radius 3 is 2.55 bits per heavy atom. The third kappa shape index (κ3) is 5.66. The fourth-order valence-corrected chi connectivity index (χ4v) is 2.09. The lowest BCUT2D eigenvalue weighted by Gasteiger charge is -2.13. The summed E-state index contributed by atoms with van der Waals surface area (Å²) < 4.78 is 5.04. The van der Waals surface area contributed by atoms with Gasteiger partial charge < -0.3 is 19.7 Å². The van der Waals surface area contributed by atoms with Crippen molar-refractivity contribution in [3.05, 3.63) is 39.5 Å². The molecule has 0 unspecified atom stereocenters. The lowest BCUT2D eigenvalue weighted by atomic mass is 9.99. The second kappa shape index (κ2) is 8.15. The summed E-state index contributed by atoms with van der Waals surface area (Å²) in [6.45, 7) is 7.13. The number of aliphatic hydroxyl groups excluding tert-OH is 2. The van der Waals surface area contributed by atoms with Crippen LogP contribution in [0.2, 0.25) is 0 Å². The molecule has 3 atom stereocenters. The first kappa shape index (κ1) is 18.5. The van der Waals surface area contributed by atoms with Gasteiger partial charge in [-0.1, -0.05) is 18.6 Å². The van der Waals surface area contributed by atoms with Gasteiger partial charge in [0.25, 0.3) is 0 Å². The van der Waals surface area contributed by atoms with Crippen molar-refractivity contribution < 1.29 is 19.7 Å². The van der Waals surface area contributed by atoms with Crippen molar-refractivity contribution in [1.82, 2.24) is 0 Å². The Hall–Kier alpha value is -1.59. The van der Waals surface area contributed by atoms with Crippen LogP contribution in [0.4, 0.5) is 0 Å². The summed E-state index contributed by atoms with van der Waals surface area (Å²) in [6.07, 6.45) is 2.34. The van der Waals surface area contributed by atoms with Crippen molar-refractivity contribution in [3.8, 4) is 5.75 Å². The van der Waals surface area contributed by atoms with Crippen LogP contribution in [0.25, 0.3) is 0 Å². The molecule has 0 aliphatic heterocycles. The first-order valence-electron chi connectivity index (χ1n) is 7.56. The minimum absolute atomic E-state index is 0.0733. The van der Waals surface area contributed by atoms with E-state index in [-0.39, 0.29) is 29.4 Å². The summed E-state index contributed by atoms with van der Waals surface area (Å²) >= 11 is 0. The monoisotopic (exact) mass is 310 g/mol. The highest BCUT2D eigenvalue weighted by atomic mass is 16.4. The van der Waals surface area contributed by atoms with Crippen LogP contribution in [0.15, 0.2) is 26.9 Å². The molecular weight excluding hydrogens is 284 g/mol. The summed E-state index contributed by atoms with van der Waals surface area (Å²) in [6, 6.07) is 1.37. The molecule has 0 amide bonds. The maximum absolute atomic E-state index is 11.5. The van der Waals surface area contributed by atoms with Gasteiger partial charge in [-0.25, -0.2) is 4.79 Å². The standard InChI is InChI=1S/C17H26O5/c1-10(7-11(2)13(4)18)5-6-14(19)8-15-9-16(20)12(3)17(21)22-15/h7,9,11,13-14,18-20H,5-6,8H2,1-4H3/b10-7+/t11-,13+,14+/m0/s1. The quantitative estimate of drug-likeness (QED) is 0.672. The lowest BCUT2D eigenvalue weighted by molar-refractivity contribution is 0.153. The highest BCUT2D eigenvalue weighted by molar-refractivity contribution is 5.28. The van der Waals surface area contributed by atoms with Crippen LogP contribution in [0.3, 0.4) is 0 Å². The van der Waals surface area contributed by atoms with Crippen LogP contribution in [-0.2, 0) is 6.42 Å². The Balaban J connectivity index is 2.57. The zero-order valence-corrected chi connectivity index (χ0v) is 13.7. The van der Waals surface area contributed by atoms with Gasteiger partial charge in [0.05, 0.1) is 17.8 Å². The molecule has 1 heterocycles. The first-order valence-corrected chi connectivity index (χ1v) is 7.56. The summed E-state index contributed by atoms with van der Waals surface area (Å²) in [5.74, 6) is 0.240. The maximum atomic E-state index is 11.5. The van der Waals surface area contributed by atoms with Crippen LogP contribution in [0, 0.1) is 12.8 Å². The molecule has 0 saturated heterocycles. The fraction of sp³-hybridized carbons (Fsp3) is 0.588. The predicted molar refractivity (Wildman–Crippen MR) is 84.9 cm³/mol.